The number of hydrogen-bond donors (Lipinski definition) is 1. The molecule has 0 radical (unpaired) electrons. The van der Waals surface area contributed by atoms with Gasteiger partial charge in [-0.3, -0.25) is 0 Å². The number of likely N-dealkylation sites (N-methyl/N-ethyl adjacent to an activating group) is 1. The Morgan fingerprint density at radius 3 is 2.45 bits per heavy atom. The molecule has 0 aliphatic carbocycles. The third-order valence-electron chi connectivity index (χ3n) is 5.93. The second-order valence-corrected chi connectivity index (χ2v) is 8.18. The number of aryl methyl sites for hydroxylation is 1. The van der Waals surface area contributed by atoms with Crippen molar-refractivity contribution in [1.82, 2.24) is 14.5 Å². The highest BCUT2D eigenvalue weighted by molar-refractivity contribution is 6.04. The summed E-state index contributed by atoms with van der Waals surface area (Å²) < 4.78 is 2.15. The minimum absolute atomic E-state index is 0.251. The highest BCUT2D eigenvalue weighted by atomic mass is 16.4. The third kappa shape index (κ3) is 3.49. The highest BCUT2D eigenvalue weighted by Crippen LogP contribution is 2.35. The fourth-order valence-electron chi connectivity index (χ4n) is 4.18. The second-order valence-electron chi connectivity index (χ2n) is 8.18. The first kappa shape index (κ1) is 19.5. The average Bonchev–Trinajstić information content (AvgIpc) is 3.15. The van der Waals surface area contributed by atoms with Crippen LogP contribution in [0.2, 0.25) is 0 Å². The van der Waals surface area contributed by atoms with Crippen LogP contribution in [-0.4, -0.2) is 58.8 Å². The Labute approximate surface area is 171 Å². The van der Waals surface area contributed by atoms with Gasteiger partial charge in [-0.25, -0.2) is 9.78 Å². The number of anilines is 1. The smallest absolute Gasteiger partial charge is 0.336 e. The van der Waals surface area contributed by atoms with Crippen molar-refractivity contribution in [2.24, 2.45) is 0 Å². The van der Waals surface area contributed by atoms with Crippen LogP contribution < -0.4 is 4.90 Å². The van der Waals surface area contributed by atoms with Gasteiger partial charge in [0.2, 0.25) is 0 Å². The van der Waals surface area contributed by atoms with Gasteiger partial charge in [-0.2, -0.15) is 0 Å². The van der Waals surface area contributed by atoms with E-state index in [1.807, 2.05) is 25.4 Å². The van der Waals surface area contributed by atoms with Crippen molar-refractivity contribution in [2.45, 2.75) is 26.8 Å². The molecule has 0 saturated carbocycles. The molecule has 4 rings (SSSR count). The van der Waals surface area contributed by atoms with Gasteiger partial charge < -0.3 is 19.5 Å². The molecular weight excluding hydrogens is 364 g/mol. The van der Waals surface area contributed by atoms with Crippen molar-refractivity contribution in [2.75, 3.05) is 38.1 Å². The van der Waals surface area contributed by atoms with Gasteiger partial charge >= 0.3 is 5.97 Å². The van der Waals surface area contributed by atoms with Gasteiger partial charge in [0.1, 0.15) is 5.82 Å². The molecule has 0 unspecified atom stereocenters. The van der Waals surface area contributed by atoms with E-state index in [4.69, 9.17) is 4.98 Å². The maximum absolute atomic E-state index is 11.9. The molecule has 0 atom stereocenters. The van der Waals surface area contributed by atoms with Crippen LogP contribution in [0.15, 0.2) is 36.7 Å². The Morgan fingerprint density at radius 1 is 1.14 bits per heavy atom. The lowest BCUT2D eigenvalue weighted by Crippen LogP contribution is -2.44. The molecule has 6 nitrogen and oxygen atoms in total. The number of aromatic nitrogens is 2. The molecule has 1 saturated heterocycles. The number of rotatable bonds is 4. The molecule has 3 heterocycles. The zero-order chi connectivity index (χ0) is 20.7. The average molecular weight is 393 g/mol. The van der Waals surface area contributed by atoms with Crippen LogP contribution in [0.25, 0.3) is 22.0 Å². The Morgan fingerprint density at radius 2 is 1.86 bits per heavy atom. The number of piperazine rings is 1. The zero-order valence-electron chi connectivity index (χ0n) is 17.5. The van der Waals surface area contributed by atoms with Gasteiger partial charge in [0.25, 0.3) is 0 Å². The molecule has 152 valence electrons. The van der Waals surface area contributed by atoms with Gasteiger partial charge in [-0.05, 0) is 63.2 Å². The predicted molar refractivity (Wildman–Crippen MR) is 117 cm³/mol. The van der Waals surface area contributed by atoms with Crippen molar-refractivity contribution in [3.05, 3.63) is 47.8 Å². The Balaban J connectivity index is 1.79. The summed E-state index contributed by atoms with van der Waals surface area (Å²) in [5.74, 6) is 0.0765. The quantitative estimate of drug-likeness (QED) is 0.726. The topological polar surface area (TPSA) is 61.6 Å². The van der Waals surface area contributed by atoms with E-state index >= 15 is 0 Å². The molecule has 3 aromatic rings. The van der Waals surface area contributed by atoms with Crippen LogP contribution in [0.3, 0.4) is 0 Å². The van der Waals surface area contributed by atoms with Gasteiger partial charge in [0.05, 0.1) is 11.1 Å². The van der Waals surface area contributed by atoms with Crippen molar-refractivity contribution in [3.8, 4) is 11.1 Å². The molecule has 0 bridgehead atoms. The van der Waals surface area contributed by atoms with Crippen molar-refractivity contribution < 1.29 is 9.90 Å². The fraction of sp³-hybridized carbons (Fsp3) is 0.391. The summed E-state index contributed by atoms with van der Waals surface area (Å²) in [6.07, 6.45) is 3.92. The van der Waals surface area contributed by atoms with Crippen LogP contribution in [0.1, 0.15) is 35.8 Å². The normalized spacial score (nSPS) is 15.4. The molecule has 1 aliphatic heterocycles. The number of carboxylic acids is 1. The van der Waals surface area contributed by atoms with Crippen molar-refractivity contribution >= 4 is 22.7 Å². The summed E-state index contributed by atoms with van der Waals surface area (Å²) in [6, 6.07) is 8.23. The highest BCUT2D eigenvalue weighted by Gasteiger charge is 2.20. The summed E-state index contributed by atoms with van der Waals surface area (Å²) in [4.78, 5) is 21.2. The number of nitrogens with zero attached hydrogens (tertiary/aromatic N) is 4. The number of carbonyl (C=O) groups is 1. The Hall–Kier alpha value is -2.86. The maximum atomic E-state index is 11.9. The van der Waals surface area contributed by atoms with Crippen LogP contribution in [0.5, 0.6) is 0 Å². The molecule has 0 spiro atoms. The number of benzene rings is 1. The van der Waals surface area contributed by atoms with Crippen molar-refractivity contribution in [3.63, 3.8) is 0 Å². The first-order chi connectivity index (χ1) is 13.9. The first-order valence-electron chi connectivity index (χ1n) is 10.1. The monoisotopic (exact) mass is 392 g/mol. The molecule has 0 amide bonds. The van der Waals surface area contributed by atoms with Crippen LogP contribution in [-0.2, 0) is 0 Å². The van der Waals surface area contributed by atoms with E-state index < -0.39 is 5.97 Å². The van der Waals surface area contributed by atoms with E-state index in [2.05, 4.69) is 47.4 Å². The molecule has 1 N–H and O–H groups in total. The van der Waals surface area contributed by atoms with E-state index in [9.17, 15) is 9.90 Å². The van der Waals surface area contributed by atoms with Crippen LogP contribution >= 0.6 is 0 Å². The lowest BCUT2D eigenvalue weighted by atomic mass is 9.96. The molecular formula is C23H28N4O2. The zero-order valence-corrected chi connectivity index (χ0v) is 17.5. The van der Waals surface area contributed by atoms with Crippen LogP contribution in [0.4, 0.5) is 5.82 Å². The van der Waals surface area contributed by atoms with Gasteiger partial charge in [-0.15, -0.1) is 0 Å². The standard InChI is InChI=1S/C23H28N4O2/c1-15(2)27-8-7-18-20(13-19(23(28)29)16(3)22(18)27)17-5-6-21(24-14-17)26-11-9-25(4)10-12-26/h5-8,13-15H,9-12H2,1-4H3,(H,28,29). The number of pyridine rings is 1. The summed E-state index contributed by atoms with van der Waals surface area (Å²) >= 11 is 0. The molecule has 6 heteroatoms. The number of aromatic carboxylic acids is 1. The van der Waals surface area contributed by atoms with E-state index in [-0.39, 0.29) is 6.04 Å². The number of fused-ring (bicyclic) bond motifs is 1. The van der Waals surface area contributed by atoms with E-state index in [1.54, 1.807) is 6.07 Å². The lowest BCUT2D eigenvalue weighted by Gasteiger charge is -2.33. The Bertz CT molecular complexity index is 1040. The summed E-state index contributed by atoms with van der Waals surface area (Å²) in [5, 5.41) is 10.8. The minimum Gasteiger partial charge on any atom is -0.478 e. The predicted octanol–water partition coefficient (Wildman–Crippen LogP) is 4.04. The largest absolute Gasteiger partial charge is 0.478 e. The van der Waals surface area contributed by atoms with Crippen molar-refractivity contribution in [1.29, 1.82) is 0 Å². The molecule has 1 fully saturated rings. The van der Waals surface area contributed by atoms with Crippen LogP contribution in [0, 0.1) is 6.92 Å². The van der Waals surface area contributed by atoms with E-state index in [1.165, 1.54) is 0 Å². The van der Waals surface area contributed by atoms with E-state index in [0.717, 1.165) is 59.6 Å². The maximum Gasteiger partial charge on any atom is 0.336 e. The fourth-order valence-corrected chi connectivity index (χ4v) is 4.18. The number of hydrogen-bond acceptors (Lipinski definition) is 4. The molecule has 1 aromatic carbocycles. The van der Waals surface area contributed by atoms with Gasteiger partial charge in [0, 0.05) is 55.6 Å². The summed E-state index contributed by atoms with van der Waals surface area (Å²) in [6.45, 7) is 10.1. The minimum atomic E-state index is -0.899. The van der Waals surface area contributed by atoms with E-state index in [0.29, 0.717) is 5.56 Å². The lowest BCUT2D eigenvalue weighted by molar-refractivity contribution is 0.0696. The summed E-state index contributed by atoms with van der Waals surface area (Å²) in [7, 11) is 2.14. The van der Waals surface area contributed by atoms with Gasteiger partial charge in [-0.1, -0.05) is 0 Å². The Kier molecular flexibility index (Phi) is 5.04. The third-order valence-corrected chi connectivity index (χ3v) is 5.93. The SMILES string of the molecule is Cc1c(C(=O)O)cc(-c2ccc(N3CCN(C)CC3)nc2)c2ccn(C(C)C)c12. The summed E-state index contributed by atoms with van der Waals surface area (Å²) in [5.41, 5.74) is 3.99. The van der Waals surface area contributed by atoms with Gasteiger partial charge in [0.15, 0.2) is 0 Å². The molecule has 2 aromatic heterocycles. The molecule has 1 aliphatic rings. The number of carboxylic acid groups (broad SMARTS) is 1. The molecule has 29 heavy (non-hydrogen) atoms. The second kappa shape index (κ2) is 7.52. The first-order valence-corrected chi connectivity index (χ1v) is 10.1.